The Labute approximate surface area is 124 Å². The lowest BCUT2D eigenvalue weighted by Crippen LogP contribution is -2.27. The Morgan fingerprint density at radius 2 is 2.05 bits per heavy atom. The van der Waals surface area contributed by atoms with Crippen molar-refractivity contribution in [2.75, 3.05) is 0 Å². The minimum absolute atomic E-state index is 0.0334. The normalized spacial score (nSPS) is 12.2. The van der Waals surface area contributed by atoms with Crippen LogP contribution in [0.2, 0.25) is 15.1 Å². The zero-order valence-electron chi connectivity index (χ0n) is 9.75. The third-order valence-electron chi connectivity index (χ3n) is 2.50. The van der Waals surface area contributed by atoms with Crippen molar-refractivity contribution in [3.63, 3.8) is 0 Å². The summed E-state index contributed by atoms with van der Waals surface area (Å²) >= 11 is 17.6. The van der Waals surface area contributed by atoms with Gasteiger partial charge in [-0.25, -0.2) is 4.98 Å². The van der Waals surface area contributed by atoms with Crippen LogP contribution in [0.4, 0.5) is 0 Å². The summed E-state index contributed by atoms with van der Waals surface area (Å²) in [5.41, 5.74) is 0.871. The smallest absolute Gasteiger partial charge is 0.271 e. The molecule has 19 heavy (non-hydrogen) atoms. The number of hydrogen-bond acceptors (Lipinski definition) is 3. The highest BCUT2D eigenvalue weighted by Crippen LogP contribution is 2.31. The molecular formula is C11H9Cl3N4O. The van der Waals surface area contributed by atoms with E-state index in [0.717, 1.165) is 5.56 Å². The summed E-state index contributed by atoms with van der Waals surface area (Å²) in [6.07, 6.45) is 4.59. The van der Waals surface area contributed by atoms with Gasteiger partial charge in [0.25, 0.3) is 5.91 Å². The average molecular weight is 320 g/mol. The molecule has 0 aliphatic rings. The van der Waals surface area contributed by atoms with Crippen molar-refractivity contribution in [1.82, 2.24) is 20.5 Å². The summed E-state index contributed by atoms with van der Waals surface area (Å²) in [4.78, 5) is 15.9. The molecule has 2 aromatic heterocycles. The van der Waals surface area contributed by atoms with Crippen molar-refractivity contribution in [2.45, 2.75) is 13.0 Å². The first-order valence-corrected chi connectivity index (χ1v) is 6.43. The lowest BCUT2D eigenvalue weighted by Gasteiger charge is -2.12. The maximum atomic E-state index is 12.0. The van der Waals surface area contributed by atoms with Crippen molar-refractivity contribution in [1.29, 1.82) is 0 Å². The lowest BCUT2D eigenvalue weighted by atomic mass is 10.2. The third-order valence-corrected chi connectivity index (χ3v) is 3.74. The van der Waals surface area contributed by atoms with E-state index >= 15 is 0 Å². The van der Waals surface area contributed by atoms with Crippen LogP contribution in [-0.4, -0.2) is 21.1 Å². The molecule has 2 N–H and O–H groups in total. The quantitative estimate of drug-likeness (QED) is 0.912. The molecule has 0 saturated heterocycles. The van der Waals surface area contributed by atoms with Crippen LogP contribution in [0.25, 0.3) is 0 Å². The van der Waals surface area contributed by atoms with Crippen LogP contribution in [0.1, 0.15) is 29.0 Å². The molecular weight excluding hydrogens is 311 g/mol. The number of H-pyrrole nitrogens is 1. The van der Waals surface area contributed by atoms with Crippen molar-refractivity contribution in [3.05, 3.63) is 44.9 Å². The molecule has 2 rings (SSSR count). The number of rotatable bonds is 3. The molecule has 2 aromatic rings. The van der Waals surface area contributed by atoms with Crippen LogP contribution >= 0.6 is 34.8 Å². The van der Waals surface area contributed by atoms with E-state index in [1.54, 1.807) is 12.4 Å². The minimum Gasteiger partial charge on any atom is -0.344 e. The number of aromatic nitrogens is 3. The topological polar surface area (TPSA) is 70.7 Å². The van der Waals surface area contributed by atoms with Gasteiger partial charge >= 0.3 is 0 Å². The fraction of sp³-hybridized carbons (Fsp3) is 0.182. The SMILES string of the molecule is CC(NC(=O)c1ncc(Cl)c(Cl)c1Cl)c1cn[nH]c1. The number of nitrogens with one attached hydrogen (secondary N) is 2. The first-order chi connectivity index (χ1) is 9.00. The van der Waals surface area contributed by atoms with Crippen molar-refractivity contribution in [3.8, 4) is 0 Å². The van der Waals surface area contributed by atoms with Gasteiger partial charge in [0.1, 0.15) is 5.69 Å². The van der Waals surface area contributed by atoms with E-state index in [2.05, 4.69) is 20.5 Å². The van der Waals surface area contributed by atoms with E-state index in [9.17, 15) is 4.79 Å². The summed E-state index contributed by atoms with van der Waals surface area (Å²) in [6, 6.07) is -0.237. The standard InChI is InChI=1S/C11H9Cl3N4O/c1-5(6-2-16-17-3-6)18-11(19)10-9(14)8(13)7(12)4-15-10/h2-5H,1H3,(H,16,17)(H,18,19). The molecule has 1 atom stereocenters. The Morgan fingerprint density at radius 3 is 2.68 bits per heavy atom. The van der Waals surface area contributed by atoms with Gasteiger partial charge < -0.3 is 5.32 Å². The summed E-state index contributed by atoms with van der Waals surface area (Å²) in [7, 11) is 0. The maximum Gasteiger partial charge on any atom is 0.271 e. The first kappa shape index (κ1) is 14.1. The Bertz CT molecular complexity index is 600. The molecule has 0 aliphatic carbocycles. The Morgan fingerprint density at radius 1 is 1.32 bits per heavy atom. The predicted molar refractivity (Wildman–Crippen MR) is 73.7 cm³/mol. The Hall–Kier alpha value is -1.30. The number of carbonyl (C=O) groups excluding carboxylic acids is 1. The highest BCUT2D eigenvalue weighted by molar-refractivity contribution is 6.48. The second-order valence-electron chi connectivity index (χ2n) is 3.81. The highest BCUT2D eigenvalue weighted by Gasteiger charge is 2.19. The number of amides is 1. The maximum absolute atomic E-state index is 12.0. The summed E-state index contributed by atoms with van der Waals surface area (Å²) < 4.78 is 0. The van der Waals surface area contributed by atoms with Crippen LogP contribution in [-0.2, 0) is 0 Å². The number of carbonyl (C=O) groups is 1. The van der Waals surface area contributed by atoms with Crippen molar-refractivity contribution >= 4 is 40.7 Å². The van der Waals surface area contributed by atoms with E-state index < -0.39 is 5.91 Å². The summed E-state index contributed by atoms with van der Waals surface area (Å²) in [6.45, 7) is 1.81. The summed E-state index contributed by atoms with van der Waals surface area (Å²) in [5, 5.41) is 9.56. The second kappa shape index (κ2) is 5.77. The average Bonchev–Trinajstić information content (AvgIpc) is 2.89. The third kappa shape index (κ3) is 3.00. The van der Waals surface area contributed by atoms with E-state index in [-0.39, 0.29) is 26.8 Å². The van der Waals surface area contributed by atoms with Gasteiger partial charge in [0.15, 0.2) is 0 Å². The molecule has 8 heteroatoms. The predicted octanol–water partition coefficient (Wildman–Crippen LogP) is 3.26. The molecule has 0 aliphatic heterocycles. The molecule has 1 unspecified atom stereocenters. The van der Waals surface area contributed by atoms with Crippen LogP contribution in [0.5, 0.6) is 0 Å². The lowest BCUT2D eigenvalue weighted by molar-refractivity contribution is 0.0935. The van der Waals surface area contributed by atoms with Gasteiger partial charge in [-0.1, -0.05) is 34.8 Å². The monoisotopic (exact) mass is 318 g/mol. The molecule has 2 heterocycles. The van der Waals surface area contributed by atoms with Gasteiger partial charge in [-0.2, -0.15) is 5.10 Å². The zero-order valence-corrected chi connectivity index (χ0v) is 12.0. The second-order valence-corrected chi connectivity index (χ2v) is 4.97. The van der Waals surface area contributed by atoms with Gasteiger partial charge in [0, 0.05) is 18.0 Å². The molecule has 100 valence electrons. The molecule has 0 fully saturated rings. The molecule has 0 aromatic carbocycles. The number of halogens is 3. The van der Waals surface area contributed by atoms with Gasteiger partial charge in [-0.3, -0.25) is 9.89 Å². The van der Waals surface area contributed by atoms with Gasteiger partial charge in [0.05, 0.1) is 27.3 Å². The first-order valence-electron chi connectivity index (χ1n) is 5.29. The summed E-state index contributed by atoms with van der Waals surface area (Å²) in [5.74, 6) is -0.433. The molecule has 0 spiro atoms. The van der Waals surface area contributed by atoms with Gasteiger partial charge in [-0.15, -0.1) is 0 Å². The fourth-order valence-corrected chi connectivity index (χ4v) is 2.01. The van der Waals surface area contributed by atoms with Crippen LogP contribution < -0.4 is 5.32 Å². The van der Waals surface area contributed by atoms with E-state index in [1.807, 2.05) is 6.92 Å². The van der Waals surface area contributed by atoms with Crippen molar-refractivity contribution < 1.29 is 4.79 Å². The Kier molecular flexibility index (Phi) is 4.29. The van der Waals surface area contributed by atoms with Crippen molar-refractivity contribution in [2.24, 2.45) is 0 Å². The molecule has 0 radical (unpaired) electrons. The molecule has 0 saturated carbocycles. The zero-order chi connectivity index (χ0) is 14.0. The van der Waals surface area contributed by atoms with E-state index in [4.69, 9.17) is 34.8 Å². The number of nitrogens with zero attached hydrogens (tertiary/aromatic N) is 2. The number of hydrogen-bond donors (Lipinski definition) is 2. The molecule has 1 amide bonds. The minimum atomic E-state index is -0.433. The highest BCUT2D eigenvalue weighted by atomic mass is 35.5. The number of aromatic amines is 1. The molecule has 0 bridgehead atoms. The van der Waals surface area contributed by atoms with Crippen LogP contribution in [0, 0.1) is 0 Å². The largest absolute Gasteiger partial charge is 0.344 e. The van der Waals surface area contributed by atoms with Crippen LogP contribution in [0.3, 0.4) is 0 Å². The Balaban J connectivity index is 2.19. The fourth-order valence-electron chi connectivity index (χ4n) is 1.45. The van der Waals surface area contributed by atoms with E-state index in [0.29, 0.717) is 0 Å². The van der Waals surface area contributed by atoms with Gasteiger partial charge in [-0.05, 0) is 6.92 Å². The van der Waals surface area contributed by atoms with Crippen LogP contribution in [0.15, 0.2) is 18.6 Å². The number of pyridine rings is 1. The van der Waals surface area contributed by atoms with Gasteiger partial charge in [0.2, 0.25) is 0 Å². The molecule has 5 nitrogen and oxygen atoms in total. The van der Waals surface area contributed by atoms with E-state index in [1.165, 1.54) is 6.20 Å².